The van der Waals surface area contributed by atoms with E-state index in [0.29, 0.717) is 0 Å². The Kier molecular flexibility index (Phi) is 1650. The van der Waals surface area contributed by atoms with Crippen molar-refractivity contribution in [3.8, 4) is 0 Å². The molecule has 0 amide bonds. The molecule has 0 aromatic rings. The zero-order valence-electron chi connectivity index (χ0n) is 29.5. The Morgan fingerprint density at radius 1 is 0.258 bits per heavy atom. The van der Waals surface area contributed by atoms with Crippen molar-refractivity contribution in [3.05, 3.63) is 0 Å². The number of hydrogen-bond donors (Lipinski definition) is 0. The summed E-state index contributed by atoms with van der Waals surface area (Å²) in [4.78, 5) is 0. The first kappa shape index (κ1) is 338. The van der Waals surface area contributed by atoms with Crippen molar-refractivity contribution in [2.75, 3.05) is 12.8 Å². The van der Waals surface area contributed by atoms with E-state index < -0.39 is 6.89 Å². The molecule has 62 heavy (non-hydrogen) atoms. The van der Waals surface area contributed by atoms with E-state index in [1.165, 1.54) is 6.16 Å². The Bertz CT molecular complexity index is 221. The maximum Gasteiger partial charge on any atom is 0 e. The Hall–Kier alpha value is 57.0. The Morgan fingerprint density at radius 2 is 0.339 bits per heavy atom. The summed E-state index contributed by atoms with van der Waals surface area (Å²) >= 11 is 0. The third-order valence-corrected chi connectivity index (χ3v) is 6.86. The van der Waals surface area contributed by atoms with Crippen molar-refractivity contribution in [2.45, 2.75) is 75.4 Å². The van der Waals surface area contributed by atoms with E-state index in [1.807, 2.05) is 27.7 Å². The molecule has 0 bridgehead atoms. The van der Waals surface area contributed by atoms with Crippen LogP contribution in [0.2, 0.25) is 0 Å². The van der Waals surface area contributed by atoms with Crippen LogP contribution in [0.4, 0.5) is 0 Å². The zero-order chi connectivity index (χ0) is 13.9. The van der Waals surface area contributed by atoms with Crippen molar-refractivity contribution in [1.82, 2.24) is 0 Å². The van der Waals surface area contributed by atoms with Gasteiger partial charge in [-0.15, -0.1) is 13.2 Å². The Morgan fingerprint density at radius 3 is 0.387 bits per heavy atom. The molecular weight excluding hydrogens is 2020 g/mol. The van der Waals surface area contributed by atoms with Gasteiger partial charge in [0.15, 0.2) is 0 Å². The molecule has 0 aromatic carbocycles. The van der Waals surface area contributed by atoms with Crippen LogP contribution in [0.25, 0.3) is 0 Å². The van der Waals surface area contributed by atoms with Gasteiger partial charge in [0.25, 0.3) is 0 Å². The third-order valence-electron chi connectivity index (χ3n) is 2.73. The average molecular weight is 2060 g/mol. The molecule has 0 aliphatic carbocycles. The molecule has 0 saturated heterocycles. The van der Waals surface area contributed by atoms with Crippen molar-refractivity contribution < 1.29 is 1700 Å². The summed E-state index contributed by atoms with van der Waals surface area (Å²) in [5.41, 5.74) is 0.819. The van der Waals surface area contributed by atoms with Gasteiger partial charge in [-0.2, -0.15) is 0 Å². The summed E-state index contributed by atoms with van der Waals surface area (Å²) in [7, 11) is 0. The van der Waals surface area contributed by atoms with Gasteiger partial charge in [-0.3, -0.25) is 0 Å². The van der Waals surface area contributed by atoms with E-state index >= 15 is 0 Å². The smallest absolute Gasteiger partial charge is 0 e. The molecule has 0 nitrogen and oxygen atoms in total. The molecule has 0 saturated carbocycles. The van der Waals surface area contributed by atoms with Gasteiger partial charge < -0.3 is 0 Å². The SMILES string of the molecule is C.C=P(C)(CC(C)C)C(C)C(C)C.CC.CC.[Ar].[Ar].[Ar].[Ar].[Ar].[Ar].[Ar].[Ar].[Ar].[Ar].[Ar].[Ar].[Ar].[Ar].[Ar].[Ar].[Ar].[Ar].[Ar].[Ar].[Ar].[Ar].[Ar].[Ar].[Ar].[Ar].[Ar].[Ar].[Ar].[Ar].[Ar].[Ar].[Ar].[Ar].[Ar].[Ar].[Ar].[Ar].[Ar].[Ar].[Ar].[Ar].[Ar].[Ar].[Ar]. The van der Waals surface area contributed by atoms with E-state index in [-0.39, 0.29) is 1710 Å². The second kappa shape index (κ2) is 303. The molecule has 470 valence electrons. The third kappa shape index (κ3) is 304. The minimum absolute atomic E-state index is 0. The zero-order valence-corrected chi connectivity index (χ0v) is 62.2. The van der Waals surface area contributed by atoms with Crippen LogP contribution >= 0.6 is 6.89 Å². The summed E-state index contributed by atoms with van der Waals surface area (Å²) in [6.45, 7) is 21.1. The quantitative estimate of drug-likeness (QED) is 0.284. The second-order valence-electron chi connectivity index (χ2n) is 5.04. The van der Waals surface area contributed by atoms with E-state index in [0.717, 1.165) is 17.5 Å². The van der Waals surface area contributed by atoms with Crippen molar-refractivity contribution in [3.63, 3.8) is 0 Å². The van der Waals surface area contributed by atoms with Gasteiger partial charge in [-0.1, -0.05) is 69.7 Å². The first-order valence-electron chi connectivity index (χ1n) is 6.97. The Labute approximate surface area is 1740 Å². The molecule has 0 spiro atoms. The molecule has 46 heteroatoms. The summed E-state index contributed by atoms with van der Waals surface area (Å²) in [5, 5.41) is 0. The van der Waals surface area contributed by atoms with Crippen LogP contribution in [0.5, 0.6) is 0 Å². The standard InChI is InChI=1S/C11H25P.2C2H6.CH4.45Ar/c1-9(2)8-12(6,7)11(5)10(3)4;2*1-2;;;;;;;;;;;;;;;;;;;;;;;;;;;;;;;;;;;;;;;;;;;;;;/h9-11H,6,8H2,1-5,7H3;2*1-2H3;1H4;;;;;;;;;;;;;;;;;;;;;;;;;;;;;;;;;;;;;;;;;;;;;. The fourth-order valence-corrected chi connectivity index (χ4v) is 5.16. The van der Waals surface area contributed by atoms with Crippen LogP contribution in [-0.4, -0.2) is 24.8 Å². The molecule has 0 fully saturated rings. The van der Waals surface area contributed by atoms with Crippen LogP contribution in [0.15, 0.2) is 0 Å². The number of hydrogen-bond acceptors (Lipinski definition) is 0. The maximum atomic E-state index is 4.44. The van der Waals surface area contributed by atoms with Crippen molar-refractivity contribution in [1.29, 1.82) is 0 Å². The molecule has 0 radical (unpaired) electrons. The molecule has 0 N–H and O–H groups in total. The fourth-order valence-electron chi connectivity index (χ4n) is 1.72. The van der Waals surface area contributed by atoms with E-state index in [1.54, 1.807) is 0 Å². The van der Waals surface area contributed by atoms with Gasteiger partial charge in [-0.25, -0.2) is 0 Å². The van der Waals surface area contributed by atoms with Crippen LogP contribution in [0, 0.1) is 1710 Å². The second-order valence-corrected chi connectivity index (χ2v) is 9.18. The minimum atomic E-state index is -0.896. The van der Waals surface area contributed by atoms with E-state index in [4.69, 9.17) is 0 Å². The predicted molar refractivity (Wildman–Crippen MR) is 93.4 cm³/mol. The molecule has 0 heterocycles. The Balaban J connectivity index is -0.000000000701. The monoisotopic (exact) mass is 2060 g/mol. The van der Waals surface area contributed by atoms with Crippen LogP contribution < -0.4 is 0 Å². The molecule has 0 aromatic heterocycles. The average Bonchev–Trinajstić information content (AvgIpc) is 2.20. The maximum absolute atomic E-state index is 4.44. The normalized spacial score (nSPS) is 4.00. The largest absolute Gasteiger partial charge is 0.112 e. The van der Waals surface area contributed by atoms with E-state index in [9.17, 15) is 0 Å². The predicted octanol–water partition coefficient (Wildman–Crippen LogP) is 6.45. The molecule has 0 aliphatic heterocycles. The molecular formula is C16H41Ar45P. The van der Waals surface area contributed by atoms with Gasteiger partial charge in [0.05, 0.1) is 0 Å². The summed E-state index contributed by atoms with van der Waals surface area (Å²) in [6, 6.07) is 0. The van der Waals surface area contributed by atoms with Gasteiger partial charge in [0.1, 0.15) is 0 Å². The fraction of sp³-hybridized carbons (Fsp3) is 0.938. The van der Waals surface area contributed by atoms with Crippen molar-refractivity contribution in [2.24, 2.45) is 11.8 Å². The summed E-state index contributed by atoms with van der Waals surface area (Å²) in [5.74, 6) is 1.60. The molecule has 2 atom stereocenters. The molecule has 0 aliphatic rings. The molecule has 2 unspecified atom stereocenters. The van der Waals surface area contributed by atoms with Gasteiger partial charge in [0.2, 0.25) is 0 Å². The van der Waals surface area contributed by atoms with Crippen molar-refractivity contribution >= 4 is 13.2 Å². The van der Waals surface area contributed by atoms with E-state index in [2.05, 4.69) is 47.6 Å². The van der Waals surface area contributed by atoms with Crippen LogP contribution in [-0.2, 0) is 0 Å². The number of rotatable bonds is 4. The topological polar surface area (TPSA) is 0 Å². The van der Waals surface area contributed by atoms with Gasteiger partial charge in [-0.05, 0) is 30.3 Å². The van der Waals surface area contributed by atoms with Crippen LogP contribution in [0.3, 0.4) is 0 Å². The summed E-state index contributed by atoms with van der Waals surface area (Å²) < 4.78 is 0. The first-order valence-corrected chi connectivity index (χ1v) is 9.64. The minimum Gasteiger partial charge on any atom is -0.112 e. The van der Waals surface area contributed by atoms with Gasteiger partial charge >= 0.3 is 0 Å². The van der Waals surface area contributed by atoms with Gasteiger partial charge in [0, 0.05) is 1700 Å². The summed E-state index contributed by atoms with van der Waals surface area (Å²) in [6.07, 6.45) is 5.78. The van der Waals surface area contributed by atoms with Crippen LogP contribution in [0.1, 0.15) is 69.7 Å². The first-order chi connectivity index (χ1) is 7.27. The molecule has 0 rings (SSSR count).